The number of fused-ring (bicyclic) bond motifs is 1. The van der Waals surface area contributed by atoms with Crippen LogP contribution in [0.1, 0.15) is 51.5 Å². The van der Waals surface area contributed by atoms with Gasteiger partial charge in [-0.1, -0.05) is 13.0 Å². The largest absolute Gasteiger partial charge is 0.381 e. The summed E-state index contributed by atoms with van der Waals surface area (Å²) in [5, 5.41) is 6.21. The van der Waals surface area contributed by atoms with Crippen LogP contribution in [0.3, 0.4) is 0 Å². The van der Waals surface area contributed by atoms with Crippen LogP contribution in [0.5, 0.6) is 0 Å². The molecule has 1 aliphatic carbocycles. The molecule has 1 saturated carbocycles. The average molecular weight is 486 g/mol. The van der Waals surface area contributed by atoms with E-state index in [0.29, 0.717) is 56.0 Å². The molecule has 0 radical (unpaired) electrons. The van der Waals surface area contributed by atoms with Gasteiger partial charge in [-0.15, -0.1) is 0 Å². The zero-order valence-electron chi connectivity index (χ0n) is 19.6. The first kappa shape index (κ1) is 23.4. The summed E-state index contributed by atoms with van der Waals surface area (Å²) in [6.45, 7) is 3.24. The number of benzene rings is 1. The summed E-state index contributed by atoms with van der Waals surface area (Å²) < 4.78 is 36.2. The molecule has 1 saturated heterocycles. The highest BCUT2D eigenvalue weighted by Gasteiger charge is 2.37. The maximum atomic E-state index is 14.4. The van der Waals surface area contributed by atoms with Crippen molar-refractivity contribution in [3.05, 3.63) is 36.0 Å². The molecule has 1 aromatic carbocycles. The van der Waals surface area contributed by atoms with E-state index >= 15 is 0 Å². The molecule has 1 aliphatic heterocycles. The topological polar surface area (TPSA) is 120 Å². The Labute approximate surface area is 201 Å². The second-order valence-electron chi connectivity index (χ2n) is 9.62. The molecule has 186 valence electrons. The van der Waals surface area contributed by atoms with Gasteiger partial charge in [-0.25, -0.2) is 18.7 Å². The third-order valence-corrected chi connectivity index (χ3v) is 7.21. The van der Waals surface area contributed by atoms with Crippen LogP contribution in [0, 0.1) is 17.0 Å². The minimum Gasteiger partial charge on any atom is -0.381 e. The van der Waals surface area contributed by atoms with E-state index in [4.69, 9.17) is 15.5 Å². The summed E-state index contributed by atoms with van der Waals surface area (Å²) in [6.07, 6.45) is 5.80. The number of primary amides is 1. The summed E-state index contributed by atoms with van der Waals surface area (Å²) in [5.74, 6) is -1.02. The zero-order chi connectivity index (χ0) is 24.6. The number of carbonyl (C=O) groups excluding carboxylic acids is 1. The van der Waals surface area contributed by atoms with E-state index < -0.39 is 17.0 Å². The number of anilines is 3. The highest BCUT2D eigenvalue weighted by Crippen LogP contribution is 2.43. The molecule has 4 N–H and O–H groups in total. The van der Waals surface area contributed by atoms with Crippen molar-refractivity contribution in [3.63, 3.8) is 0 Å². The van der Waals surface area contributed by atoms with Crippen molar-refractivity contribution in [2.75, 3.05) is 23.8 Å². The Kier molecular flexibility index (Phi) is 6.26. The van der Waals surface area contributed by atoms with Crippen LogP contribution in [-0.2, 0) is 9.53 Å². The van der Waals surface area contributed by atoms with Crippen LogP contribution in [0.2, 0.25) is 0 Å². The van der Waals surface area contributed by atoms with Crippen LogP contribution in [0.15, 0.2) is 24.4 Å². The van der Waals surface area contributed by atoms with Gasteiger partial charge in [0.15, 0.2) is 5.65 Å². The number of rotatable bonds is 6. The first-order valence-electron chi connectivity index (χ1n) is 11.9. The molecule has 0 unspecified atom stereocenters. The number of nitrogens with one attached hydrogen (secondary N) is 2. The third-order valence-electron chi connectivity index (χ3n) is 7.21. The number of hydrogen-bond donors (Lipinski definition) is 3. The van der Waals surface area contributed by atoms with Crippen LogP contribution < -0.4 is 16.4 Å². The maximum Gasteiger partial charge on any atom is 0.224 e. The molecular weight excluding hydrogens is 456 g/mol. The van der Waals surface area contributed by atoms with E-state index in [0.717, 1.165) is 12.8 Å². The number of nitrogens with zero attached hydrogens (tertiary/aromatic N) is 4. The molecule has 9 nitrogen and oxygen atoms in total. The highest BCUT2D eigenvalue weighted by molar-refractivity contribution is 5.80. The number of imidazole rings is 1. The van der Waals surface area contributed by atoms with Crippen molar-refractivity contribution in [2.24, 2.45) is 11.1 Å². The number of hydrogen-bond acceptors (Lipinski definition) is 7. The molecule has 0 spiro atoms. The summed E-state index contributed by atoms with van der Waals surface area (Å²) in [6, 6.07) is 3.80. The van der Waals surface area contributed by atoms with Gasteiger partial charge in [-0.2, -0.15) is 4.98 Å². The minimum absolute atomic E-state index is 0.0874. The SMILES string of the molecule is C[C@]1(C(N)=O)CC[C@H](n2c(Nc3c(F)cccc3F)nc3cnc(NC4CCOCC4)nc32)CC1. The quantitative estimate of drug-likeness (QED) is 0.482. The molecule has 3 heterocycles. The second kappa shape index (κ2) is 9.37. The Morgan fingerprint density at radius 2 is 1.83 bits per heavy atom. The van der Waals surface area contributed by atoms with Crippen LogP contribution in [0.4, 0.5) is 26.4 Å². The van der Waals surface area contributed by atoms with Crippen LogP contribution >= 0.6 is 0 Å². The lowest BCUT2D eigenvalue weighted by Gasteiger charge is -2.35. The number of carbonyl (C=O) groups is 1. The first-order valence-corrected chi connectivity index (χ1v) is 11.9. The highest BCUT2D eigenvalue weighted by atomic mass is 19.1. The molecule has 5 rings (SSSR count). The van der Waals surface area contributed by atoms with E-state index in [1.807, 2.05) is 11.5 Å². The van der Waals surface area contributed by atoms with Gasteiger partial charge in [0.1, 0.15) is 22.8 Å². The van der Waals surface area contributed by atoms with Crippen molar-refractivity contribution in [1.82, 2.24) is 19.5 Å². The van der Waals surface area contributed by atoms with Gasteiger partial charge in [-0.05, 0) is 50.7 Å². The Balaban J connectivity index is 1.53. The van der Waals surface area contributed by atoms with E-state index in [-0.39, 0.29) is 29.6 Å². The summed E-state index contributed by atoms with van der Waals surface area (Å²) >= 11 is 0. The summed E-state index contributed by atoms with van der Waals surface area (Å²) in [7, 11) is 0. The van der Waals surface area contributed by atoms with Gasteiger partial charge in [0.05, 0.1) is 6.20 Å². The van der Waals surface area contributed by atoms with Crippen molar-refractivity contribution in [2.45, 2.75) is 57.5 Å². The maximum absolute atomic E-state index is 14.4. The van der Waals surface area contributed by atoms with Gasteiger partial charge < -0.3 is 21.1 Å². The number of amides is 1. The Morgan fingerprint density at radius 3 is 2.49 bits per heavy atom. The summed E-state index contributed by atoms with van der Waals surface area (Å²) in [5.41, 5.74) is 5.84. The first-order chi connectivity index (χ1) is 16.8. The standard InChI is InChI=1S/C24H29F2N7O2/c1-24(21(27)34)9-5-15(6-10-24)33-20-18(13-28-22(32-20)29-14-7-11-35-12-8-14)30-23(33)31-19-16(25)3-2-4-17(19)26/h2-4,13-15H,5-12H2,1H3,(H2,27,34)(H,30,31)(H,28,29,32)/t15-,24-. The van der Waals surface area contributed by atoms with Gasteiger partial charge in [0, 0.05) is 30.7 Å². The van der Waals surface area contributed by atoms with E-state index in [9.17, 15) is 13.6 Å². The molecule has 2 aliphatic rings. The van der Waals surface area contributed by atoms with Gasteiger partial charge in [0.25, 0.3) is 0 Å². The lowest BCUT2D eigenvalue weighted by Crippen LogP contribution is -2.38. The Morgan fingerprint density at radius 1 is 1.14 bits per heavy atom. The smallest absolute Gasteiger partial charge is 0.224 e. The van der Waals surface area contributed by atoms with Crippen molar-refractivity contribution >= 4 is 34.7 Å². The summed E-state index contributed by atoms with van der Waals surface area (Å²) in [4.78, 5) is 25.7. The zero-order valence-corrected chi connectivity index (χ0v) is 19.6. The average Bonchev–Trinajstić information content (AvgIpc) is 3.20. The normalized spacial score (nSPS) is 23.3. The Bertz CT molecular complexity index is 1210. The van der Waals surface area contributed by atoms with Crippen molar-refractivity contribution in [3.8, 4) is 0 Å². The van der Waals surface area contributed by atoms with Gasteiger partial charge in [-0.3, -0.25) is 9.36 Å². The second-order valence-corrected chi connectivity index (χ2v) is 9.62. The lowest BCUT2D eigenvalue weighted by molar-refractivity contribution is -0.128. The predicted octanol–water partition coefficient (Wildman–Crippen LogP) is 4.05. The number of aromatic nitrogens is 4. The Hall–Kier alpha value is -3.34. The molecule has 11 heteroatoms. The fourth-order valence-corrected chi connectivity index (χ4v) is 4.89. The molecule has 2 aromatic heterocycles. The van der Waals surface area contributed by atoms with Gasteiger partial charge in [0.2, 0.25) is 17.8 Å². The van der Waals surface area contributed by atoms with Crippen molar-refractivity contribution < 1.29 is 18.3 Å². The van der Waals surface area contributed by atoms with Crippen LogP contribution in [-0.4, -0.2) is 44.7 Å². The van der Waals surface area contributed by atoms with Crippen LogP contribution in [0.25, 0.3) is 11.2 Å². The molecule has 35 heavy (non-hydrogen) atoms. The molecule has 2 fully saturated rings. The molecule has 1 amide bonds. The van der Waals surface area contributed by atoms with E-state index in [1.165, 1.54) is 18.2 Å². The monoisotopic (exact) mass is 485 g/mol. The number of para-hydroxylation sites is 1. The van der Waals surface area contributed by atoms with E-state index in [2.05, 4.69) is 20.6 Å². The minimum atomic E-state index is -0.721. The van der Waals surface area contributed by atoms with Gasteiger partial charge >= 0.3 is 0 Å². The molecule has 0 bridgehead atoms. The molecule has 0 atom stereocenters. The van der Waals surface area contributed by atoms with E-state index in [1.54, 1.807) is 6.20 Å². The molecule has 3 aromatic rings. The third kappa shape index (κ3) is 4.64. The number of ether oxygens (including phenoxy) is 1. The fraction of sp³-hybridized carbons (Fsp3) is 0.500. The lowest BCUT2D eigenvalue weighted by atomic mass is 9.73. The fourth-order valence-electron chi connectivity index (χ4n) is 4.89. The predicted molar refractivity (Wildman–Crippen MR) is 127 cm³/mol. The molecular formula is C24H29F2N7O2. The number of halogens is 2. The van der Waals surface area contributed by atoms with Crippen molar-refractivity contribution in [1.29, 1.82) is 0 Å². The number of nitrogens with two attached hydrogens (primary N) is 1.